The van der Waals surface area contributed by atoms with E-state index >= 15 is 0 Å². The Hall–Kier alpha value is -2.15. The first-order valence-electron chi connectivity index (χ1n) is 7.34. The number of aliphatic imine (C=N–C) groups is 1. The lowest BCUT2D eigenvalue weighted by molar-refractivity contribution is 0.214. The zero-order valence-corrected chi connectivity index (χ0v) is 14.3. The molecular formula is C16H21FN4OS. The van der Waals surface area contributed by atoms with Crippen LogP contribution in [0.25, 0.3) is 0 Å². The number of thiazole rings is 1. The average Bonchev–Trinajstić information content (AvgIpc) is 2.95. The second kappa shape index (κ2) is 8.47. The Bertz CT molecular complexity index is 659. The number of nitrogens with zero attached hydrogens (tertiary/aromatic N) is 2. The number of nitrogens with one attached hydrogen (secondary N) is 2. The highest BCUT2D eigenvalue weighted by molar-refractivity contribution is 7.09. The summed E-state index contributed by atoms with van der Waals surface area (Å²) in [4.78, 5) is 9.55. The van der Waals surface area contributed by atoms with Gasteiger partial charge < -0.3 is 15.4 Å². The van der Waals surface area contributed by atoms with Gasteiger partial charge in [0.15, 0.2) is 17.5 Å². The Labute approximate surface area is 139 Å². The van der Waals surface area contributed by atoms with Crippen LogP contribution in [0.1, 0.15) is 17.5 Å². The second-order valence-corrected chi connectivity index (χ2v) is 5.97. The molecule has 1 heterocycles. The van der Waals surface area contributed by atoms with Crippen LogP contribution in [0.2, 0.25) is 0 Å². The van der Waals surface area contributed by atoms with Crippen molar-refractivity contribution >= 4 is 17.3 Å². The molecule has 124 valence electrons. The van der Waals surface area contributed by atoms with Crippen molar-refractivity contribution in [3.05, 3.63) is 46.2 Å². The Morgan fingerprint density at radius 1 is 1.39 bits per heavy atom. The molecule has 1 atom stereocenters. The fraction of sp³-hybridized carbons (Fsp3) is 0.375. The molecule has 0 aliphatic carbocycles. The second-order valence-electron chi connectivity index (χ2n) is 5.03. The van der Waals surface area contributed by atoms with Crippen LogP contribution in [0.5, 0.6) is 5.75 Å². The average molecular weight is 336 g/mol. The summed E-state index contributed by atoms with van der Waals surface area (Å²) in [6.45, 7) is 5.03. The SMILES string of the molecule is CN=C(NCc1scnc1C)NCC(C)Oc1ccccc1F. The first-order chi connectivity index (χ1) is 11.1. The Morgan fingerprint density at radius 3 is 2.83 bits per heavy atom. The Kier molecular flexibility index (Phi) is 6.34. The van der Waals surface area contributed by atoms with Gasteiger partial charge in [-0.15, -0.1) is 11.3 Å². The maximum Gasteiger partial charge on any atom is 0.191 e. The summed E-state index contributed by atoms with van der Waals surface area (Å²) in [6.07, 6.45) is -0.199. The van der Waals surface area contributed by atoms with E-state index in [1.807, 2.05) is 19.4 Å². The van der Waals surface area contributed by atoms with Crippen molar-refractivity contribution in [1.82, 2.24) is 15.6 Å². The number of hydrogen-bond acceptors (Lipinski definition) is 4. The summed E-state index contributed by atoms with van der Waals surface area (Å²) in [6, 6.07) is 6.38. The van der Waals surface area contributed by atoms with Gasteiger partial charge in [-0.3, -0.25) is 4.99 Å². The minimum atomic E-state index is -0.359. The molecule has 0 saturated carbocycles. The van der Waals surface area contributed by atoms with Gasteiger partial charge in [0.1, 0.15) is 6.10 Å². The lowest BCUT2D eigenvalue weighted by Crippen LogP contribution is -2.41. The molecule has 2 aromatic rings. The molecule has 1 unspecified atom stereocenters. The number of aryl methyl sites for hydroxylation is 1. The van der Waals surface area contributed by atoms with Crippen LogP contribution in [0, 0.1) is 12.7 Å². The zero-order chi connectivity index (χ0) is 16.7. The van der Waals surface area contributed by atoms with Crippen LogP contribution in [-0.2, 0) is 6.54 Å². The van der Waals surface area contributed by atoms with Gasteiger partial charge in [0, 0.05) is 11.9 Å². The van der Waals surface area contributed by atoms with E-state index in [4.69, 9.17) is 4.74 Å². The van der Waals surface area contributed by atoms with E-state index in [1.54, 1.807) is 36.6 Å². The van der Waals surface area contributed by atoms with Crippen molar-refractivity contribution in [3.63, 3.8) is 0 Å². The largest absolute Gasteiger partial charge is 0.486 e. The number of rotatable bonds is 6. The highest BCUT2D eigenvalue weighted by Gasteiger charge is 2.09. The van der Waals surface area contributed by atoms with Crippen molar-refractivity contribution in [2.75, 3.05) is 13.6 Å². The van der Waals surface area contributed by atoms with Crippen molar-refractivity contribution in [3.8, 4) is 5.75 Å². The van der Waals surface area contributed by atoms with Gasteiger partial charge in [-0.05, 0) is 26.0 Å². The summed E-state index contributed by atoms with van der Waals surface area (Å²) >= 11 is 1.61. The fourth-order valence-corrected chi connectivity index (χ4v) is 2.64. The first-order valence-corrected chi connectivity index (χ1v) is 8.22. The van der Waals surface area contributed by atoms with Crippen molar-refractivity contribution < 1.29 is 9.13 Å². The highest BCUT2D eigenvalue weighted by atomic mass is 32.1. The zero-order valence-electron chi connectivity index (χ0n) is 13.5. The molecule has 0 radical (unpaired) electrons. The highest BCUT2D eigenvalue weighted by Crippen LogP contribution is 2.16. The molecule has 0 aliphatic rings. The third kappa shape index (κ3) is 5.21. The molecule has 1 aromatic carbocycles. The molecule has 0 bridgehead atoms. The predicted octanol–water partition coefficient (Wildman–Crippen LogP) is 2.72. The van der Waals surface area contributed by atoms with Crippen LogP contribution in [0.4, 0.5) is 4.39 Å². The maximum atomic E-state index is 13.5. The molecule has 1 aromatic heterocycles. The lowest BCUT2D eigenvalue weighted by atomic mass is 10.3. The molecule has 0 spiro atoms. The van der Waals surface area contributed by atoms with Gasteiger partial charge in [-0.25, -0.2) is 9.37 Å². The summed E-state index contributed by atoms with van der Waals surface area (Å²) in [5.74, 6) is 0.564. The summed E-state index contributed by atoms with van der Waals surface area (Å²) in [5, 5.41) is 6.39. The molecule has 23 heavy (non-hydrogen) atoms. The third-order valence-electron chi connectivity index (χ3n) is 3.21. The first kappa shape index (κ1) is 17.2. The van der Waals surface area contributed by atoms with Crippen LogP contribution < -0.4 is 15.4 Å². The minimum absolute atomic E-state index is 0.199. The smallest absolute Gasteiger partial charge is 0.191 e. The number of aromatic nitrogens is 1. The van der Waals surface area contributed by atoms with Crippen molar-refractivity contribution in [1.29, 1.82) is 0 Å². The van der Waals surface area contributed by atoms with Gasteiger partial charge >= 0.3 is 0 Å². The van der Waals surface area contributed by atoms with Crippen molar-refractivity contribution in [2.45, 2.75) is 26.5 Å². The quantitative estimate of drug-likeness (QED) is 0.629. The Morgan fingerprint density at radius 2 is 2.17 bits per heavy atom. The maximum absolute atomic E-state index is 13.5. The van der Waals surface area contributed by atoms with Crippen LogP contribution in [0.3, 0.4) is 0 Å². The van der Waals surface area contributed by atoms with Crippen LogP contribution in [0.15, 0.2) is 34.8 Å². The molecule has 0 saturated heterocycles. The van der Waals surface area contributed by atoms with E-state index in [0.717, 1.165) is 5.69 Å². The third-order valence-corrected chi connectivity index (χ3v) is 4.14. The number of para-hydroxylation sites is 1. The number of ether oxygens (including phenoxy) is 1. The summed E-state index contributed by atoms with van der Waals surface area (Å²) in [5.41, 5.74) is 2.85. The number of halogens is 1. The van der Waals surface area contributed by atoms with E-state index in [9.17, 15) is 4.39 Å². The van der Waals surface area contributed by atoms with Gasteiger partial charge in [0.25, 0.3) is 0 Å². The van der Waals surface area contributed by atoms with Crippen LogP contribution >= 0.6 is 11.3 Å². The topological polar surface area (TPSA) is 58.5 Å². The molecule has 0 aliphatic heterocycles. The monoisotopic (exact) mass is 336 g/mol. The molecule has 5 nitrogen and oxygen atoms in total. The molecular weight excluding hydrogens is 315 g/mol. The van der Waals surface area contributed by atoms with Gasteiger partial charge in [-0.2, -0.15) is 0 Å². The minimum Gasteiger partial charge on any atom is -0.486 e. The van der Waals surface area contributed by atoms with Crippen LogP contribution in [-0.4, -0.2) is 30.6 Å². The Balaban J connectivity index is 1.79. The molecule has 0 amide bonds. The lowest BCUT2D eigenvalue weighted by Gasteiger charge is -2.18. The van der Waals surface area contributed by atoms with Crippen molar-refractivity contribution in [2.24, 2.45) is 4.99 Å². The molecule has 7 heteroatoms. The predicted molar refractivity (Wildman–Crippen MR) is 91.5 cm³/mol. The number of hydrogen-bond donors (Lipinski definition) is 2. The van der Waals surface area contributed by atoms with E-state index < -0.39 is 0 Å². The van der Waals surface area contributed by atoms with Gasteiger partial charge in [0.05, 0.1) is 24.3 Å². The molecule has 2 N–H and O–H groups in total. The van der Waals surface area contributed by atoms with Gasteiger partial charge in [0.2, 0.25) is 0 Å². The van der Waals surface area contributed by atoms with E-state index in [2.05, 4.69) is 20.6 Å². The van der Waals surface area contributed by atoms with E-state index in [0.29, 0.717) is 19.0 Å². The normalized spacial score (nSPS) is 12.8. The van der Waals surface area contributed by atoms with Gasteiger partial charge in [-0.1, -0.05) is 12.1 Å². The molecule has 2 rings (SSSR count). The molecule has 0 fully saturated rings. The number of guanidine groups is 1. The fourth-order valence-electron chi connectivity index (χ4n) is 1.92. The van der Waals surface area contributed by atoms with E-state index in [1.165, 1.54) is 10.9 Å². The summed E-state index contributed by atoms with van der Waals surface area (Å²) < 4.78 is 19.1. The van der Waals surface area contributed by atoms with E-state index in [-0.39, 0.29) is 17.7 Å². The number of benzene rings is 1. The summed E-state index contributed by atoms with van der Waals surface area (Å²) in [7, 11) is 1.71. The standard InChI is InChI=1S/C16H21FN4OS/c1-11(22-14-7-5-4-6-13(14)17)8-19-16(18-3)20-9-15-12(2)21-10-23-15/h4-7,10-11H,8-9H2,1-3H3,(H2,18,19,20).